The number of carbonyl (C=O) groups is 8. The Morgan fingerprint density at radius 2 is 0.968 bits per heavy atom. The van der Waals surface area contributed by atoms with Gasteiger partial charge < -0.3 is 32.7 Å². The van der Waals surface area contributed by atoms with Crippen molar-refractivity contribution in [2.45, 2.75) is 47.0 Å². The van der Waals surface area contributed by atoms with E-state index in [4.69, 9.17) is 10.2 Å². The van der Waals surface area contributed by atoms with Gasteiger partial charge in [-0.05, 0) is 27.7 Å². The standard InChI is InChI=1S/C5H9NO2.C5H8O4.C4H7NO2.C3H6N2O2/c1-4(7)3-5(8)6-2;1-5(2,3(6)7)4(8)9;1-3(6)2-4(5)7;4-2(6)1-3(5)7/h3H2,1-2H3,(H,6,8);1-2H3,(H,6,7)(H,8,9);2H2,1H3,(H2,5,7);1H2,(H2,4,6)(H2,5,7). The Kier molecular flexibility index (Phi) is 20.3. The van der Waals surface area contributed by atoms with Crippen LogP contribution >= 0.6 is 0 Å². The molecule has 9 N–H and O–H groups in total. The predicted molar refractivity (Wildman–Crippen MR) is 106 cm³/mol. The van der Waals surface area contributed by atoms with E-state index in [0.29, 0.717) is 0 Å². The topological polar surface area (TPSA) is 267 Å². The van der Waals surface area contributed by atoms with Crippen molar-refractivity contribution >= 4 is 47.1 Å². The number of rotatable bonds is 8. The number of primary amides is 3. The Labute approximate surface area is 178 Å². The summed E-state index contributed by atoms with van der Waals surface area (Å²) >= 11 is 0. The van der Waals surface area contributed by atoms with Crippen molar-refractivity contribution in [3.63, 3.8) is 0 Å². The molecule has 0 rings (SSSR count). The lowest BCUT2D eigenvalue weighted by Crippen LogP contribution is -2.32. The van der Waals surface area contributed by atoms with Gasteiger partial charge >= 0.3 is 11.9 Å². The van der Waals surface area contributed by atoms with Gasteiger partial charge in [-0.3, -0.25) is 38.4 Å². The number of carboxylic acids is 2. The molecule has 0 atom stereocenters. The molecule has 0 aromatic rings. The van der Waals surface area contributed by atoms with Gasteiger partial charge in [0.2, 0.25) is 23.6 Å². The van der Waals surface area contributed by atoms with Crippen LogP contribution in [-0.2, 0) is 38.4 Å². The maximum atomic E-state index is 10.3. The summed E-state index contributed by atoms with van der Waals surface area (Å²) in [6.45, 7) is 4.98. The molecule has 0 saturated heterocycles. The normalized spacial score (nSPS) is 8.94. The summed E-state index contributed by atoms with van der Waals surface area (Å²) in [5.74, 6) is -5.10. The number of Topliss-reactive ketones (excluding diaryl/α,β-unsaturated/α-hetero) is 2. The van der Waals surface area contributed by atoms with E-state index in [0.717, 1.165) is 13.8 Å². The molecule has 14 heteroatoms. The second-order valence-corrected chi connectivity index (χ2v) is 6.24. The van der Waals surface area contributed by atoms with Crippen LogP contribution in [0.25, 0.3) is 0 Å². The molecule has 31 heavy (non-hydrogen) atoms. The molecule has 0 spiro atoms. The molecule has 4 amide bonds. The van der Waals surface area contributed by atoms with Gasteiger partial charge in [-0.1, -0.05) is 0 Å². The number of amides is 4. The summed E-state index contributed by atoms with van der Waals surface area (Å²) in [5, 5.41) is 18.8. The van der Waals surface area contributed by atoms with Crippen LogP contribution in [-0.4, -0.2) is 64.4 Å². The highest BCUT2D eigenvalue weighted by Crippen LogP contribution is 2.14. The van der Waals surface area contributed by atoms with Gasteiger partial charge in [0.25, 0.3) is 0 Å². The summed E-state index contributed by atoms with van der Waals surface area (Å²) in [4.78, 5) is 79.8. The van der Waals surface area contributed by atoms with Crippen LogP contribution < -0.4 is 22.5 Å². The molecule has 0 radical (unpaired) electrons. The number of nitrogens with two attached hydrogens (primary N) is 3. The molecule has 0 saturated carbocycles. The van der Waals surface area contributed by atoms with E-state index in [1.54, 1.807) is 0 Å². The van der Waals surface area contributed by atoms with Crippen LogP contribution in [0.2, 0.25) is 0 Å². The molecule has 0 aliphatic heterocycles. The first-order chi connectivity index (χ1) is 13.8. The number of carbonyl (C=O) groups excluding carboxylic acids is 6. The first kappa shape index (κ1) is 34.7. The third-order valence-corrected chi connectivity index (χ3v) is 2.53. The minimum Gasteiger partial charge on any atom is -0.480 e. The number of nitrogens with one attached hydrogen (secondary N) is 1. The summed E-state index contributed by atoms with van der Waals surface area (Å²) < 4.78 is 0. The number of hydrogen-bond acceptors (Lipinski definition) is 8. The molecule has 0 aromatic heterocycles. The second kappa shape index (κ2) is 18.2. The van der Waals surface area contributed by atoms with Gasteiger partial charge in [-0.15, -0.1) is 0 Å². The van der Waals surface area contributed by atoms with E-state index in [9.17, 15) is 38.4 Å². The second-order valence-electron chi connectivity index (χ2n) is 6.24. The maximum absolute atomic E-state index is 10.3. The highest BCUT2D eigenvalue weighted by atomic mass is 16.4. The summed E-state index contributed by atoms with van der Waals surface area (Å²) in [7, 11) is 1.51. The quantitative estimate of drug-likeness (QED) is 0.215. The Morgan fingerprint density at radius 3 is 1.00 bits per heavy atom. The predicted octanol–water partition coefficient (Wildman–Crippen LogP) is -2.31. The highest BCUT2D eigenvalue weighted by Gasteiger charge is 2.35. The van der Waals surface area contributed by atoms with Gasteiger partial charge in [0.1, 0.15) is 18.0 Å². The minimum absolute atomic E-state index is 0.00347. The van der Waals surface area contributed by atoms with Crippen LogP contribution in [0.4, 0.5) is 0 Å². The monoisotopic (exact) mass is 450 g/mol. The number of carboxylic acid groups (broad SMARTS) is 2. The molecule has 178 valence electrons. The molecule has 14 nitrogen and oxygen atoms in total. The smallest absolute Gasteiger partial charge is 0.320 e. The van der Waals surface area contributed by atoms with Gasteiger partial charge in [-0.25, -0.2) is 0 Å². The van der Waals surface area contributed by atoms with Crippen molar-refractivity contribution in [2.24, 2.45) is 22.6 Å². The zero-order valence-corrected chi connectivity index (χ0v) is 18.0. The van der Waals surface area contributed by atoms with Crippen molar-refractivity contribution in [2.75, 3.05) is 7.05 Å². The number of ketones is 2. The molecule has 0 fully saturated rings. The fourth-order valence-corrected chi connectivity index (χ4v) is 0.823. The number of hydrogen-bond donors (Lipinski definition) is 6. The zero-order chi connectivity index (χ0) is 25.9. The summed E-state index contributed by atoms with van der Waals surface area (Å²) in [6, 6.07) is 0. The summed E-state index contributed by atoms with van der Waals surface area (Å²) in [6.07, 6.45) is -0.503. The lowest BCUT2D eigenvalue weighted by atomic mass is 9.95. The minimum atomic E-state index is -1.67. The lowest BCUT2D eigenvalue weighted by molar-refractivity contribution is -0.161. The van der Waals surface area contributed by atoms with Crippen LogP contribution in [0.15, 0.2) is 0 Å². The van der Waals surface area contributed by atoms with E-state index < -0.39 is 35.1 Å². The van der Waals surface area contributed by atoms with Crippen LogP contribution in [0.5, 0.6) is 0 Å². The first-order valence-corrected chi connectivity index (χ1v) is 8.32. The maximum Gasteiger partial charge on any atom is 0.320 e. The van der Waals surface area contributed by atoms with E-state index in [2.05, 4.69) is 22.5 Å². The van der Waals surface area contributed by atoms with Crippen molar-refractivity contribution in [1.29, 1.82) is 0 Å². The van der Waals surface area contributed by atoms with E-state index in [1.807, 2.05) is 0 Å². The van der Waals surface area contributed by atoms with Gasteiger partial charge in [0, 0.05) is 7.05 Å². The van der Waals surface area contributed by atoms with Crippen molar-refractivity contribution in [3.8, 4) is 0 Å². The van der Waals surface area contributed by atoms with E-state index in [-0.39, 0.29) is 36.7 Å². The Morgan fingerprint density at radius 1 is 0.677 bits per heavy atom. The molecule has 0 aromatic carbocycles. The average molecular weight is 450 g/mol. The fraction of sp³-hybridized carbons (Fsp3) is 0.529. The van der Waals surface area contributed by atoms with Crippen molar-refractivity contribution in [1.82, 2.24) is 5.32 Å². The number of aliphatic carboxylic acids is 2. The van der Waals surface area contributed by atoms with Gasteiger partial charge in [0.15, 0.2) is 5.41 Å². The van der Waals surface area contributed by atoms with Crippen molar-refractivity contribution < 1.29 is 48.6 Å². The molecular weight excluding hydrogens is 420 g/mol. The SMILES string of the molecule is CC(=O)CC(N)=O.CC(C)(C(=O)O)C(=O)O.CNC(=O)CC(C)=O.NC(=O)CC(N)=O. The summed E-state index contributed by atoms with van der Waals surface area (Å²) in [5.41, 5.74) is 12.1. The fourth-order valence-electron chi connectivity index (χ4n) is 0.823. The lowest BCUT2D eigenvalue weighted by Gasteiger charge is -2.10. The highest BCUT2D eigenvalue weighted by molar-refractivity contribution is 5.97. The first-order valence-electron chi connectivity index (χ1n) is 8.32. The molecular formula is C17H30N4O10. The molecule has 0 aliphatic carbocycles. The van der Waals surface area contributed by atoms with Crippen LogP contribution in [0, 0.1) is 5.41 Å². The van der Waals surface area contributed by atoms with E-state index >= 15 is 0 Å². The van der Waals surface area contributed by atoms with E-state index in [1.165, 1.54) is 20.9 Å². The third kappa shape index (κ3) is 31.1. The largest absolute Gasteiger partial charge is 0.480 e. The van der Waals surface area contributed by atoms with Crippen LogP contribution in [0.3, 0.4) is 0 Å². The third-order valence-electron chi connectivity index (χ3n) is 2.53. The molecule has 0 bridgehead atoms. The Balaban J connectivity index is -0.000000158. The molecule has 0 unspecified atom stereocenters. The zero-order valence-electron chi connectivity index (χ0n) is 18.0. The van der Waals surface area contributed by atoms with Gasteiger partial charge in [-0.2, -0.15) is 0 Å². The molecule has 0 heterocycles. The Bertz CT molecular complexity index is 620. The van der Waals surface area contributed by atoms with Crippen molar-refractivity contribution in [3.05, 3.63) is 0 Å². The van der Waals surface area contributed by atoms with Gasteiger partial charge in [0.05, 0.1) is 12.8 Å². The molecule has 0 aliphatic rings. The average Bonchev–Trinajstić information content (AvgIpc) is 2.52. The van der Waals surface area contributed by atoms with Crippen LogP contribution in [0.1, 0.15) is 47.0 Å². The Hall–Kier alpha value is -3.84.